The molecule has 1 aromatic heterocycles. The summed E-state index contributed by atoms with van der Waals surface area (Å²) in [7, 11) is 0. The fourth-order valence-corrected chi connectivity index (χ4v) is 4.54. The van der Waals surface area contributed by atoms with Gasteiger partial charge in [-0.05, 0) is 44.1 Å². The van der Waals surface area contributed by atoms with Crippen molar-refractivity contribution in [2.24, 2.45) is 0 Å². The lowest BCUT2D eigenvalue weighted by Gasteiger charge is -2.36. The molecule has 7 nitrogen and oxygen atoms in total. The van der Waals surface area contributed by atoms with Gasteiger partial charge in [-0.25, -0.2) is 9.78 Å². The zero-order chi connectivity index (χ0) is 21.1. The van der Waals surface area contributed by atoms with Gasteiger partial charge in [0.05, 0.1) is 23.4 Å². The minimum atomic E-state index is -0.206. The fraction of sp³-hybridized carbons (Fsp3) is 0.476. The van der Waals surface area contributed by atoms with Crippen LogP contribution in [0.2, 0.25) is 5.02 Å². The summed E-state index contributed by atoms with van der Waals surface area (Å²) in [5.41, 5.74) is 1.58. The van der Waals surface area contributed by atoms with Crippen molar-refractivity contribution >= 4 is 46.8 Å². The highest BCUT2D eigenvalue weighted by atomic mass is 35.5. The summed E-state index contributed by atoms with van der Waals surface area (Å²) in [6.07, 6.45) is 6.95. The lowest BCUT2D eigenvalue weighted by atomic mass is 9.93. The Balaban J connectivity index is 1.61. The summed E-state index contributed by atoms with van der Waals surface area (Å²) < 4.78 is 0. The number of amides is 2. The molecule has 2 N–H and O–H groups in total. The Labute approximate surface area is 185 Å². The van der Waals surface area contributed by atoms with Crippen LogP contribution in [0.25, 0.3) is 0 Å². The molecule has 2 aliphatic rings. The van der Waals surface area contributed by atoms with E-state index in [-0.39, 0.29) is 18.2 Å². The Kier molecular flexibility index (Phi) is 6.65. The molecule has 1 aliphatic carbocycles. The molecule has 2 aromatic rings. The molecule has 0 radical (unpaired) electrons. The molecule has 1 fully saturated rings. The van der Waals surface area contributed by atoms with Gasteiger partial charge < -0.3 is 10.4 Å². The standard InChI is InChI=1S/C21H26ClN5O2S/c1-30-11-10-26-19-14(13-27(21(26)29)18-5-3-2-4-17(18)22)12-23-20(25-19)24-15-6-8-16(28)9-7-15/h2-5,12,15-16,28H,6-11,13H2,1H3,(H,23,24,25)/t15-,16-. The zero-order valence-corrected chi connectivity index (χ0v) is 18.5. The molecule has 9 heteroatoms. The third-order valence-corrected chi connectivity index (χ3v) is 6.49. The van der Waals surface area contributed by atoms with Crippen LogP contribution in [-0.2, 0) is 6.54 Å². The molecule has 2 heterocycles. The number of hydrogen-bond donors (Lipinski definition) is 2. The van der Waals surface area contributed by atoms with Crippen molar-refractivity contribution < 1.29 is 9.90 Å². The van der Waals surface area contributed by atoms with Crippen molar-refractivity contribution in [3.63, 3.8) is 0 Å². The highest BCUT2D eigenvalue weighted by Crippen LogP contribution is 2.34. The Morgan fingerprint density at radius 2 is 2.03 bits per heavy atom. The number of rotatable bonds is 6. The Bertz CT molecular complexity index is 907. The SMILES string of the molecule is CSCCN1C(=O)N(c2ccccc2Cl)Cc2cnc(N[C@H]3CC[C@H](O)CC3)nc21. The summed E-state index contributed by atoms with van der Waals surface area (Å²) in [5.74, 6) is 1.99. The molecule has 160 valence electrons. The second-order valence-electron chi connectivity index (χ2n) is 7.66. The molecule has 0 unspecified atom stereocenters. The van der Waals surface area contributed by atoms with Gasteiger partial charge in [0, 0.05) is 30.1 Å². The van der Waals surface area contributed by atoms with Gasteiger partial charge in [-0.1, -0.05) is 23.7 Å². The smallest absolute Gasteiger partial charge is 0.330 e. The number of aliphatic hydroxyl groups excluding tert-OH is 1. The predicted molar refractivity (Wildman–Crippen MR) is 123 cm³/mol. The normalized spacial score (nSPS) is 21.5. The Morgan fingerprint density at radius 3 is 2.77 bits per heavy atom. The first-order chi connectivity index (χ1) is 14.6. The number of fused-ring (bicyclic) bond motifs is 1. The number of hydrogen-bond acceptors (Lipinski definition) is 6. The third-order valence-electron chi connectivity index (χ3n) is 5.58. The van der Waals surface area contributed by atoms with Crippen LogP contribution < -0.4 is 15.1 Å². The molecule has 1 saturated carbocycles. The van der Waals surface area contributed by atoms with Crippen LogP contribution >= 0.6 is 23.4 Å². The van der Waals surface area contributed by atoms with Crippen molar-refractivity contribution in [2.75, 3.05) is 33.7 Å². The number of thioether (sulfide) groups is 1. The number of para-hydroxylation sites is 1. The zero-order valence-electron chi connectivity index (χ0n) is 16.9. The van der Waals surface area contributed by atoms with Crippen LogP contribution in [0.1, 0.15) is 31.2 Å². The third kappa shape index (κ3) is 4.50. The molecule has 1 aromatic carbocycles. The van der Waals surface area contributed by atoms with Gasteiger partial charge in [0.1, 0.15) is 5.82 Å². The van der Waals surface area contributed by atoms with Crippen molar-refractivity contribution in [1.29, 1.82) is 0 Å². The first kappa shape index (κ1) is 21.2. The summed E-state index contributed by atoms with van der Waals surface area (Å²) in [4.78, 5) is 26.0. The average molecular weight is 448 g/mol. The molecule has 2 amide bonds. The maximum absolute atomic E-state index is 13.4. The molecule has 0 saturated heterocycles. The van der Waals surface area contributed by atoms with Crippen LogP contribution in [0.4, 0.5) is 22.2 Å². The maximum Gasteiger partial charge on any atom is 0.330 e. The van der Waals surface area contributed by atoms with E-state index in [1.165, 1.54) is 0 Å². The largest absolute Gasteiger partial charge is 0.393 e. The van der Waals surface area contributed by atoms with Gasteiger partial charge in [-0.3, -0.25) is 9.80 Å². The molecule has 30 heavy (non-hydrogen) atoms. The van der Waals surface area contributed by atoms with Gasteiger partial charge in [0.15, 0.2) is 0 Å². The quantitative estimate of drug-likeness (QED) is 0.692. The van der Waals surface area contributed by atoms with Gasteiger partial charge in [0.2, 0.25) is 5.95 Å². The molecular weight excluding hydrogens is 422 g/mol. The minimum Gasteiger partial charge on any atom is -0.393 e. The highest BCUT2D eigenvalue weighted by Gasteiger charge is 2.34. The number of nitrogens with one attached hydrogen (secondary N) is 1. The van der Waals surface area contributed by atoms with E-state index in [4.69, 9.17) is 16.6 Å². The van der Waals surface area contributed by atoms with Crippen LogP contribution in [0.15, 0.2) is 30.5 Å². The van der Waals surface area contributed by atoms with Crippen molar-refractivity contribution in [1.82, 2.24) is 9.97 Å². The number of nitrogens with zero attached hydrogens (tertiary/aromatic N) is 4. The van der Waals surface area contributed by atoms with E-state index in [9.17, 15) is 9.90 Å². The molecule has 4 rings (SSSR count). The summed E-state index contributed by atoms with van der Waals surface area (Å²) in [6, 6.07) is 7.48. The van der Waals surface area contributed by atoms with Crippen molar-refractivity contribution in [3.8, 4) is 0 Å². The van der Waals surface area contributed by atoms with E-state index in [0.717, 1.165) is 37.0 Å². The fourth-order valence-electron chi connectivity index (χ4n) is 3.93. The Morgan fingerprint density at radius 1 is 1.27 bits per heavy atom. The molecule has 0 bridgehead atoms. The number of urea groups is 1. The highest BCUT2D eigenvalue weighted by molar-refractivity contribution is 7.98. The Hall–Kier alpha value is -2.03. The van der Waals surface area contributed by atoms with Crippen molar-refractivity contribution in [3.05, 3.63) is 41.0 Å². The second-order valence-corrected chi connectivity index (χ2v) is 9.05. The number of halogens is 1. The van der Waals surface area contributed by atoms with E-state index in [1.54, 1.807) is 33.8 Å². The van der Waals surface area contributed by atoms with Crippen LogP contribution in [-0.4, -0.2) is 51.8 Å². The van der Waals surface area contributed by atoms with Crippen LogP contribution in [0.5, 0.6) is 0 Å². The van der Waals surface area contributed by atoms with Crippen LogP contribution in [0, 0.1) is 0 Å². The van der Waals surface area contributed by atoms with Gasteiger partial charge in [-0.2, -0.15) is 16.7 Å². The monoisotopic (exact) mass is 447 g/mol. The number of aromatic nitrogens is 2. The predicted octanol–water partition coefficient (Wildman–Crippen LogP) is 4.16. The second kappa shape index (κ2) is 9.41. The number of carbonyl (C=O) groups excluding carboxylic acids is 1. The lowest BCUT2D eigenvalue weighted by molar-refractivity contribution is 0.126. The van der Waals surface area contributed by atoms with E-state index >= 15 is 0 Å². The van der Waals surface area contributed by atoms with Gasteiger partial charge in [-0.15, -0.1) is 0 Å². The topological polar surface area (TPSA) is 81.6 Å². The average Bonchev–Trinajstić information content (AvgIpc) is 2.75. The number of benzene rings is 1. The van der Waals surface area contributed by atoms with Crippen molar-refractivity contribution in [2.45, 2.75) is 44.4 Å². The van der Waals surface area contributed by atoms with Gasteiger partial charge >= 0.3 is 6.03 Å². The lowest BCUT2D eigenvalue weighted by Crippen LogP contribution is -2.49. The molecule has 0 atom stereocenters. The maximum atomic E-state index is 13.4. The number of carbonyl (C=O) groups is 1. The summed E-state index contributed by atoms with van der Waals surface area (Å²) in [5, 5.41) is 13.6. The molecule has 0 spiro atoms. The molecule has 1 aliphatic heterocycles. The van der Waals surface area contributed by atoms with E-state index < -0.39 is 0 Å². The molecular formula is C21H26ClN5O2S. The van der Waals surface area contributed by atoms with E-state index in [1.807, 2.05) is 24.5 Å². The van der Waals surface area contributed by atoms with E-state index in [2.05, 4.69) is 10.3 Å². The van der Waals surface area contributed by atoms with Crippen LogP contribution in [0.3, 0.4) is 0 Å². The van der Waals surface area contributed by atoms with E-state index in [0.29, 0.717) is 35.6 Å². The minimum absolute atomic E-state index is 0.130. The first-order valence-corrected chi connectivity index (χ1v) is 12.0. The number of aliphatic hydroxyl groups is 1. The first-order valence-electron chi connectivity index (χ1n) is 10.2. The van der Waals surface area contributed by atoms with Gasteiger partial charge in [0.25, 0.3) is 0 Å². The summed E-state index contributed by atoms with van der Waals surface area (Å²) in [6.45, 7) is 0.934. The number of anilines is 3. The summed E-state index contributed by atoms with van der Waals surface area (Å²) >= 11 is 8.05.